The summed E-state index contributed by atoms with van der Waals surface area (Å²) >= 11 is 2.03. The second kappa shape index (κ2) is 4.49. The van der Waals surface area contributed by atoms with Crippen LogP contribution < -0.4 is 0 Å². The van der Waals surface area contributed by atoms with Crippen LogP contribution in [0, 0.1) is 4.91 Å². The molecule has 0 aliphatic rings. The highest BCUT2D eigenvalue weighted by atomic mass is 127. The van der Waals surface area contributed by atoms with E-state index in [0.29, 0.717) is 0 Å². The molecule has 0 aliphatic carbocycles. The van der Waals surface area contributed by atoms with Gasteiger partial charge in [-0.3, -0.25) is 0 Å². The molecule has 0 aromatic carbocycles. The molecule has 7 heavy (non-hydrogen) atoms. The molecule has 0 amide bonds. The number of hydrogen-bond acceptors (Lipinski definition) is 2. The van der Waals surface area contributed by atoms with Gasteiger partial charge in [0, 0.05) is 0 Å². The maximum absolute atomic E-state index is 9.64. The van der Waals surface area contributed by atoms with Gasteiger partial charge in [0.05, 0.1) is 0 Å². The highest BCUT2D eigenvalue weighted by Crippen LogP contribution is 2.07. The van der Waals surface area contributed by atoms with E-state index in [0.717, 1.165) is 12.8 Å². The quantitative estimate of drug-likeness (QED) is 0.306. The molecule has 0 saturated heterocycles. The van der Waals surface area contributed by atoms with E-state index < -0.39 is 0 Å². The Kier molecular flexibility index (Phi) is 4.70. The third-order valence-electron chi connectivity index (χ3n) is 0.641. The summed E-state index contributed by atoms with van der Waals surface area (Å²) in [7, 11) is 0. The van der Waals surface area contributed by atoms with Gasteiger partial charge in [-0.05, 0) is 6.42 Å². The van der Waals surface area contributed by atoms with Crippen LogP contribution in [0.4, 0.5) is 0 Å². The van der Waals surface area contributed by atoms with Crippen LogP contribution in [0.3, 0.4) is 0 Å². The SMILES string of the molecule is CCCC(I)N=O. The van der Waals surface area contributed by atoms with Gasteiger partial charge in [0.15, 0.2) is 0 Å². The van der Waals surface area contributed by atoms with Gasteiger partial charge in [0.1, 0.15) is 4.05 Å². The molecule has 0 radical (unpaired) electrons. The Morgan fingerprint density at radius 3 is 2.57 bits per heavy atom. The Balaban J connectivity index is 2.98. The number of rotatable bonds is 3. The Hall–Kier alpha value is 0.330. The molecule has 3 heteroatoms. The lowest BCUT2D eigenvalue weighted by Crippen LogP contribution is -1.87. The van der Waals surface area contributed by atoms with E-state index in [-0.39, 0.29) is 4.05 Å². The van der Waals surface area contributed by atoms with Gasteiger partial charge >= 0.3 is 0 Å². The van der Waals surface area contributed by atoms with Gasteiger partial charge < -0.3 is 0 Å². The van der Waals surface area contributed by atoms with Crippen molar-refractivity contribution in [2.24, 2.45) is 5.18 Å². The highest BCUT2D eigenvalue weighted by molar-refractivity contribution is 14.1. The zero-order valence-corrected chi connectivity index (χ0v) is 6.38. The van der Waals surface area contributed by atoms with Crippen LogP contribution in [0.2, 0.25) is 0 Å². The average Bonchev–Trinajstić information content (AvgIpc) is 1.68. The van der Waals surface area contributed by atoms with E-state index in [1.54, 1.807) is 0 Å². The van der Waals surface area contributed by atoms with E-state index in [1.807, 2.05) is 29.5 Å². The molecule has 1 atom stereocenters. The largest absolute Gasteiger partial charge is 0.150 e. The van der Waals surface area contributed by atoms with Crippen molar-refractivity contribution in [3.63, 3.8) is 0 Å². The number of hydrogen-bond donors (Lipinski definition) is 0. The van der Waals surface area contributed by atoms with Crippen molar-refractivity contribution >= 4 is 22.6 Å². The maximum Gasteiger partial charge on any atom is 0.143 e. The van der Waals surface area contributed by atoms with Gasteiger partial charge in [-0.15, -0.1) is 4.91 Å². The summed E-state index contributed by atoms with van der Waals surface area (Å²) in [4.78, 5) is 9.64. The van der Waals surface area contributed by atoms with E-state index in [9.17, 15) is 4.91 Å². The lowest BCUT2D eigenvalue weighted by molar-refractivity contribution is 0.783. The van der Waals surface area contributed by atoms with Crippen molar-refractivity contribution in [1.82, 2.24) is 0 Å². The third kappa shape index (κ3) is 4.18. The van der Waals surface area contributed by atoms with Crippen LogP contribution in [0.15, 0.2) is 5.18 Å². The molecule has 2 nitrogen and oxygen atoms in total. The fourth-order valence-corrected chi connectivity index (χ4v) is 0.914. The smallest absolute Gasteiger partial charge is 0.143 e. The predicted octanol–water partition coefficient (Wildman–Crippen LogP) is 2.31. The first kappa shape index (κ1) is 7.33. The Morgan fingerprint density at radius 1 is 1.86 bits per heavy atom. The fourth-order valence-electron chi connectivity index (χ4n) is 0.291. The Bertz CT molecular complexity index is 57.7. The first-order valence-electron chi connectivity index (χ1n) is 2.27. The van der Waals surface area contributed by atoms with Crippen LogP contribution in [-0.4, -0.2) is 4.05 Å². The lowest BCUT2D eigenvalue weighted by Gasteiger charge is -1.91. The minimum absolute atomic E-state index is 0.0115. The summed E-state index contributed by atoms with van der Waals surface area (Å²) in [6.45, 7) is 2.04. The zero-order valence-electron chi connectivity index (χ0n) is 4.22. The molecule has 0 spiro atoms. The standard InChI is InChI=1S/C4H8INO/c1-2-3-4(5)6-7/h4H,2-3H2,1H3. The van der Waals surface area contributed by atoms with Crippen molar-refractivity contribution in [2.75, 3.05) is 0 Å². The minimum atomic E-state index is -0.0115. The van der Waals surface area contributed by atoms with Crippen LogP contribution in [0.25, 0.3) is 0 Å². The van der Waals surface area contributed by atoms with Gasteiger partial charge in [-0.2, -0.15) is 0 Å². The summed E-state index contributed by atoms with van der Waals surface area (Å²) in [6.07, 6.45) is 1.95. The molecule has 1 unspecified atom stereocenters. The highest BCUT2D eigenvalue weighted by Gasteiger charge is 1.96. The summed E-state index contributed by atoms with van der Waals surface area (Å²) in [6, 6.07) is 0. The van der Waals surface area contributed by atoms with Crippen LogP contribution in [0.5, 0.6) is 0 Å². The molecule has 0 saturated carbocycles. The molecule has 0 heterocycles. The number of alkyl halides is 1. The summed E-state index contributed by atoms with van der Waals surface area (Å²) < 4.78 is -0.0115. The maximum atomic E-state index is 9.64. The molecule has 0 aromatic heterocycles. The lowest BCUT2D eigenvalue weighted by atomic mass is 10.3. The summed E-state index contributed by atoms with van der Waals surface area (Å²) in [5.41, 5.74) is 0. The molecule has 0 rings (SSSR count). The zero-order chi connectivity index (χ0) is 5.70. The molecular formula is C4H8INO. The summed E-state index contributed by atoms with van der Waals surface area (Å²) in [5, 5.41) is 2.81. The van der Waals surface area contributed by atoms with E-state index in [2.05, 4.69) is 5.18 Å². The number of halogens is 1. The Labute approximate surface area is 56.8 Å². The van der Waals surface area contributed by atoms with Gasteiger partial charge in [0.25, 0.3) is 0 Å². The average molecular weight is 213 g/mol. The summed E-state index contributed by atoms with van der Waals surface area (Å²) in [5.74, 6) is 0. The van der Waals surface area contributed by atoms with Crippen molar-refractivity contribution in [1.29, 1.82) is 0 Å². The van der Waals surface area contributed by atoms with E-state index in [4.69, 9.17) is 0 Å². The van der Waals surface area contributed by atoms with Gasteiger partial charge in [-0.1, -0.05) is 41.1 Å². The number of nitrogens with zero attached hydrogens (tertiary/aromatic N) is 1. The molecule has 0 N–H and O–H groups in total. The van der Waals surface area contributed by atoms with Crippen LogP contribution in [-0.2, 0) is 0 Å². The van der Waals surface area contributed by atoms with Crippen LogP contribution >= 0.6 is 22.6 Å². The number of nitroso groups, excluding NO2 is 1. The van der Waals surface area contributed by atoms with Crippen molar-refractivity contribution in [2.45, 2.75) is 23.8 Å². The van der Waals surface area contributed by atoms with Crippen molar-refractivity contribution < 1.29 is 0 Å². The van der Waals surface area contributed by atoms with Crippen LogP contribution in [0.1, 0.15) is 19.8 Å². The first-order chi connectivity index (χ1) is 3.31. The normalized spacial score (nSPS) is 13.4. The van der Waals surface area contributed by atoms with E-state index in [1.165, 1.54) is 0 Å². The predicted molar refractivity (Wildman–Crippen MR) is 38.5 cm³/mol. The monoisotopic (exact) mass is 213 g/mol. The van der Waals surface area contributed by atoms with Crippen molar-refractivity contribution in [3.05, 3.63) is 4.91 Å². The Morgan fingerprint density at radius 2 is 2.43 bits per heavy atom. The molecule has 42 valence electrons. The first-order valence-corrected chi connectivity index (χ1v) is 3.52. The molecular weight excluding hydrogens is 205 g/mol. The second-order valence-corrected chi connectivity index (χ2v) is 2.77. The fraction of sp³-hybridized carbons (Fsp3) is 1.00. The van der Waals surface area contributed by atoms with E-state index >= 15 is 0 Å². The van der Waals surface area contributed by atoms with Gasteiger partial charge in [0.2, 0.25) is 0 Å². The molecule has 0 bridgehead atoms. The minimum Gasteiger partial charge on any atom is -0.150 e. The molecule has 0 aromatic rings. The van der Waals surface area contributed by atoms with Gasteiger partial charge in [-0.25, -0.2) is 0 Å². The molecule has 0 fully saturated rings. The second-order valence-electron chi connectivity index (χ2n) is 1.33. The molecule has 0 aliphatic heterocycles. The van der Waals surface area contributed by atoms with Crippen molar-refractivity contribution in [3.8, 4) is 0 Å². The third-order valence-corrected chi connectivity index (χ3v) is 1.49. The topological polar surface area (TPSA) is 29.4 Å².